The van der Waals surface area contributed by atoms with E-state index in [1.807, 2.05) is 87.5 Å². The molecule has 4 atom stereocenters. The van der Waals surface area contributed by atoms with Crippen LogP contribution in [0.2, 0.25) is 0 Å². The van der Waals surface area contributed by atoms with Crippen LogP contribution < -0.4 is 0 Å². The second kappa shape index (κ2) is 19.6. The van der Waals surface area contributed by atoms with Crippen molar-refractivity contribution < 1.29 is 32.5 Å². The predicted molar refractivity (Wildman–Crippen MR) is 210 cm³/mol. The lowest BCUT2D eigenvalue weighted by Crippen LogP contribution is -2.63. The summed E-state index contributed by atoms with van der Waals surface area (Å²) in [5.74, 6) is -1.30. The number of nitrogens with zero attached hydrogens (tertiary/aromatic N) is 2. The predicted octanol–water partition coefficient (Wildman–Crippen LogP) is 9.52. The van der Waals surface area contributed by atoms with Gasteiger partial charge in [-0.15, -0.1) is 0 Å². The Balaban J connectivity index is 1.42. The smallest absolute Gasteiger partial charge is 0.410 e. The van der Waals surface area contributed by atoms with E-state index in [-0.39, 0.29) is 38.4 Å². The average Bonchev–Trinajstić information content (AvgIpc) is 3.17. The number of rotatable bonds is 15. The highest BCUT2D eigenvalue weighted by Gasteiger charge is 2.44. The van der Waals surface area contributed by atoms with Gasteiger partial charge < -0.3 is 18.9 Å². The summed E-state index contributed by atoms with van der Waals surface area (Å²) in [5.41, 5.74) is 2.83. The van der Waals surface area contributed by atoms with Gasteiger partial charge in [-0.1, -0.05) is 110 Å². The van der Waals surface area contributed by atoms with E-state index in [0.717, 1.165) is 48.4 Å². The van der Waals surface area contributed by atoms with Gasteiger partial charge in [0.2, 0.25) is 0 Å². The molecule has 4 aromatic rings. The van der Waals surface area contributed by atoms with Gasteiger partial charge in [-0.05, 0) is 74.4 Å². The molecule has 7 nitrogen and oxygen atoms in total. The molecule has 0 aromatic heterocycles. The Kier molecular flexibility index (Phi) is 14.5. The van der Waals surface area contributed by atoms with Crippen LogP contribution in [0.25, 0.3) is 0 Å². The molecule has 1 aliphatic heterocycles. The van der Waals surface area contributed by atoms with E-state index in [1.54, 1.807) is 4.90 Å². The zero-order valence-electron chi connectivity index (χ0n) is 32.5. The summed E-state index contributed by atoms with van der Waals surface area (Å²) < 4.78 is 55.8. The van der Waals surface area contributed by atoms with E-state index in [2.05, 4.69) is 29.2 Å². The molecule has 1 amide bonds. The largest absolute Gasteiger partial charge is 0.444 e. The van der Waals surface area contributed by atoms with Crippen LogP contribution in [-0.2, 0) is 45.1 Å². The molecule has 4 aromatic carbocycles. The SMILES string of the molecule is CC(C)(C)OC(=O)N1CC(COC2CCCCC2)OCC1C(OCc1ccccc1)C(Cc1cc(F)cc(F)c1)N(Cc1ccccc1)Cc1ccccc1. The van der Waals surface area contributed by atoms with Crippen molar-refractivity contribution in [3.8, 4) is 0 Å². The van der Waals surface area contributed by atoms with Crippen LogP contribution in [-0.4, -0.2) is 71.6 Å². The molecule has 1 aliphatic carbocycles. The Morgan fingerprint density at radius 2 is 1.36 bits per heavy atom. The first-order valence-electron chi connectivity index (χ1n) is 19.7. The van der Waals surface area contributed by atoms with Gasteiger partial charge in [0.1, 0.15) is 17.2 Å². The number of amides is 1. The lowest BCUT2D eigenvalue weighted by Gasteiger charge is -2.47. The van der Waals surface area contributed by atoms with Gasteiger partial charge in [-0.2, -0.15) is 0 Å². The van der Waals surface area contributed by atoms with Crippen molar-refractivity contribution in [2.75, 3.05) is 19.8 Å². The van der Waals surface area contributed by atoms with Crippen molar-refractivity contribution in [2.45, 2.75) is 115 Å². The highest BCUT2D eigenvalue weighted by molar-refractivity contribution is 5.69. The van der Waals surface area contributed by atoms with E-state index in [0.29, 0.717) is 25.3 Å². The zero-order chi connectivity index (χ0) is 38.6. The second-order valence-electron chi connectivity index (χ2n) is 15.9. The topological polar surface area (TPSA) is 60.5 Å². The molecule has 9 heteroatoms. The van der Waals surface area contributed by atoms with Crippen molar-refractivity contribution in [1.82, 2.24) is 9.80 Å². The number of benzene rings is 4. The third-order valence-electron chi connectivity index (χ3n) is 10.3. The van der Waals surface area contributed by atoms with Crippen LogP contribution in [0, 0.1) is 11.6 Å². The monoisotopic (exact) mass is 754 g/mol. The van der Waals surface area contributed by atoms with Crippen molar-refractivity contribution >= 4 is 6.09 Å². The molecule has 4 unspecified atom stereocenters. The molecule has 55 heavy (non-hydrogen) atoms. The van der Waals surface area contributed by atoms with Crippen molar-refractivity contribution in [3.05, 3.63) is 143 Å². The summed E-state index contributed by atoms with van der Waals surface area (Å²) in [6, 6.07) is 32.7. The second-order valence-corrected chi connectivity index (χ2v) is 15.9. The van der Waals surface area contributed by atoms with Gasteiger partial charge in [0.15, 0.2) is 0 Å². The number of morpholine rings is 1. The van der Waals surface area contributed by atoms with Crippen LogP contribution >= 0.6 is 0 Å². The fraction of sp³-hybridized carbons (Fsp3) is 0.457. The van der Waals surface area contributed by atoms with Gasteiger partial charge in [0, 0.05) is 25.2 Å². The molecule has 294 valence electrons. The maximum absolute atomic E-state index is 14.9. The summed E-state index contributed by atoms with van der Waals surface area (Å²) in [4.78, 5) is 18.4. The van der Waals surface area contributed by atoms with Crippen molar-refractivity contribution in [2.24, 2.45) is 0 Å². The standard InChI is InChI=1S/C46H56F2N2O5/c1-46(2,3)55-45(51)50-30-41(32-52-40-22-14-7-15-23-40)53-33-43(50)44(54-31-36-20-12-6-13-21-36)42(26-37-24-38(47)27-39(48)25-37)49(28-34-16-8-4-9-17-34)29-35-18-10-5-11-19-35/h4-6,8-13,16-21,24-25,27,40-44H,7,14-15,22-23,26,28-33H2,1-3H3. The van der Waals surface area contributed by atoms with E-state index < -0.39 is 41.5 Å². The summed E-state index contributed by atoms with van der Waals surface area (Å²) in [6.45, 7) is 7.63. The summed E-state index contributed by atoms with van der Waals surface area (Å²) in [7, 11) is 0. The van der Waals surface area contributed by atoms with E-state index >= 15 is 0 Å². The Bertz CT molecular complexity index is 1690. The summed E-state index contributed by atoms with van der Waals surface area (Å²) in [5, 5.41) is 0. The fourth-order valence-electron chi connectivity index (χ4n) is 7.71. The van der Waals surface area contributed by atoms with E-state index in [4.69, 9.17) is 18.9 Å². The molecule has 2 fully saturated rings. The van der Waals surface area contributed by atoms with Gasteiger partial charge >= 0.3 is 6.09 Å². The Morgan fingerprint density at radius 3 is 1.93 bits per heavy atom. The first-order chi connectivity index (χ1) is 26.6. The van der Waals surface area contributed by atoms with Crippen molar-refractivity contribution in [1.29, 1.82) is 0 Å². The number of halogens is 2. The van der Waals surface area contributed by atoms with Crippen LogP contribution in [0.1, 0.15) is 75.1 Å². The van der Waals surface area contributed by atoms with Crippen LogP contribution in [0.3, 0.4) is 0 Å². The van der Waals surface area contributed by atoms with Crippen LogP contribution in [0.5, 0.6) is 0 Å². The molecule has 0 bridgehead atoms. The van der Waals surface area contributed by atoms with Gasteiger partial charge in [0.05, 0.1) is 50.7 Å². The molecule has 2 aliphatic rings. The fourth-order valence-corrected chi connectivity index (χ4v) is 7.71. The first kappa shape index (κ1) is 40.5. The van der Waals surface area contributed by atoms with Crippen molar-refractivity contribution in [3.63, 3.8) is 0 Å². The maximum atomic E-state index is 14.9. The number of hydrogen-bond donors (Lipinski definition) is 0. The molecule has 1 saturated heterocycles. The number of carbonyl (C=O) groups excluding carboxylic acids is 1. The molecular formula is C46H56F2N2O5. The average molecular weight is 755 g/mol. The lowest BCUT2D eigenvalue weighted by molar-refractivity contribution is -0.151. The third kappa shape index (κ3) is 12.4. The van der Waals surface area contributed by atoms with Gasteiger partial charge in [-0.25, -0.2) is 13.6 Å². The lowest BCUT2D eigenvalue weighted by atomic mass is 9.92. The first-order valence-corrected chi connectivity index (χ1v) is 19.7. The van der Waals surface area contributed by atoms with Crippen LogP contribution in [0.15, 0.2) is 109 Å². The van der Waals surface area contributed by atoms with Gasteiger partial charge in [0.25, 0.3) is 0 Å². The molecule has 0 N–H and O–H groups in total. The van der Waals surface area contributed by atoms with E-state index in [1.165, 1.54) is 18.6 Å². The maximum Gasteiger partial charge on any atom is 0.410 e. The molecule has 1 saturated carbocycles. The zero-order valence-corrected chi connectivity index (χ0v) is 32.5. The van der Waals surface area contributed by atoms with Crippen LogP contribution in [0.4, 0.5) is 13.6 Å². The number of carbonyl (C=O) groups is 1. The summed E-state index contributed by atoms with van der Waals surface area (Å²) >= 11 is 0. The molecule has 0 spiro atoms. The summed E-state index contributed by atoms with van der Waals surface area (Å²) in [6.07, 6.45) is 4.51. The minimum Gasteiger partial charge on any atom is -0.444 e. The third-order valence-corrected chi connectivity index (χ3v) is 10.3. The highest BCUT2D eigenvalue weighted by atomic mass is 19.1. The molecule has 0 radical (unpaired) electrons. The normalized spacial score (nSPS) is 19.3. The molecule has 6 rings (SSSR count). The van der Waals surface area contributed by atoms with Gasteiger partial charge in [-0.3, -0.25) is 9.80 Å². The Hall–Kier alpha value is -4.15. The quantitative estimate of drug-likeness (QED) is 0.121. The number of hydrogen-bond acceptors (Lipinski definition) is 6. The van der Waals surface area contributed by atoms with E-state index in [9.17, 15) is 13.6 Å². The minimum atomic E-state index is -0.750. The molecular weight excluding hydrogens is 699 g/mol. The Labute approximate surface area is 325 Å². The minimum absolute atomic E-state index is 0.163. The highest BCUT2D eigenvalue weighted by Crippen LogP contribution is 2.30. The Morgan fingerprint density at radius 1 is 0.800 bits per heavy atom. The molecule has 1 heterocycles. The number of ether oxygens (including phenoxy) is 4.